The predicted molar refractivity (Wildman–Crippen MR) is 122 cm³/mol. The average molecular weight is 456 g/mol. The number of anilines is 2. The van der Waals surface area contributed by atoms with E-state index >= 15 is 0 Å². The Bertz CT molecular complexity index is 1180. The minimum Gasteiger partial charge on any atom is -0.494 e. The number of pyridine rings is 1. The number of aromatic nitrogens is 1. The highest BCUT2D eigenvalue weighted by atomic mass is 32.2. The van der Waals surface area contributed by atoms with Gasteiger partial charge in [-0.3, -0.25) is 0 Å². The molecule has 0 radical (unpaired) electrons. The molecule has 9 heteroatoms. The van der Waals surface area contributed by atoms with Gasteiger partial charge < -0.3 is 14.8 Å². The van der Waals surface area contributed by atoms with Crippen LogP contribution in [0.1, 0.15) is 22.8 Å². The van der Waals surface area contributed by atoms with Gasteiger partial charge in [0.05, 0.1) is 11.5 Å². The molecule has 2 aromatic carbocycles. The number of esters is 1. The van der Waals surface area contributed by atoms with Crippen molar-refractivity contribution >= 4 is 27.5 Å². The number of hydrogen-bond acceptors (Lipinski definition) is 7. The summed E-state index contributed by atoms with van der Waals surface area (Å²) >= 11 is 0. The van der Waals surface area contributed by atoms with Gasteiger partial charge in [0, 0.05) is 26.0 Å². The van der Waals surface area contributed by atoms with Gasteiger partial charge in [-0.15, -0.1) is 0 Å². The maximum Gasteiger partial charge on any atom is 0.342 e. The Hall–Kier alpha value is -3.43. The Labute approximate surface area is 187 Å². The molecule has 1 aromatic heterocycles. The third kappa shape index (κ3) is 5.63. The standard InChI is InChI=1S/C23H25N3O5S/c1-4-30-19-12-10-18(11-13-19)25-22-21(9-6-14-24-22)23(27)31-16-17-7-5-8-20(15-17)32(28,29)26(2)3/h5-15H,4,16H2,1-3H3,(H,24,25). The number of nitrogens with zero attached hydrogens (tertiary/aromatic N) is 2. The van der Waals surface area contributed by atoms with Crippen LogP contribution in [-0.4, -0.2) is 44.4 Å². The molecule has 8 nitrogen and oxygen atoms in total. The number of carbonyl (C=O) groups excluding carboxylic acids is 1. The van der Waals surface area contributed by atoms with E-state index < -0.39 is 16.0 Å². The molecule has 0 aliphatic heterocycles. The van der Waals surface area contributed by atoms with Crippen molar-refractivity contribution in [2.24, 2.45) is 0 Å². The van der Waals surface area contributed by atoms with Gasteiger partial charge in [-0.25, -0.2) is 22.5 Å². The van der Waals surface area contributed by atoms with E-state index in [1.807, 2.05) is 31.2 Å². The topological polar surface area (TPSA) is 97.8 Å². The van der Waals surface area contributed by atoms with Crippen molar-refractivity contribution in [3.63, 3.8) is 0 Å². The molecule has 168 valence electrons. The lowest BCUT2D eigenvalue weighted by atomic mass is 10.2. The molecule has 3 aromatic rings. The van der Waals surface area contributed by atoms with Crippen molar-refractivity contribution in [3.05, 3.63) is 78.0 Å². The Balaban J connectivity index is 1.71. The van der Waals surface area contributed by atoms with E-state index in [9.17, 15) is 13.2 Å². The molecule has 0 aliphatic carbocycles. The van der Waals surface area contributed by atoms with Crippen LogP contribution in [0.5, 0.6) is 5.75 Å². The first-order chi connectivity index (χ1) is 15.3. The van der Waals surface area contributed by atoms with Crippen LogP contribution >= 0.6 is 0 Å². The number of rotatable bonds is 9. The zero-order chi connectivity index (χ0) is 23.1. The second-order valence-electron chi connectivity index (χ2n) is 6.99. The van der Waals surface area contributed by atoms with Crippen molar-refractivity contribution in [3.8, 4) is 5.75 Å². The zero-order valence-electron chi connectivity index (χ0n) is 18.1. The molecule has 0 atom stereocenters. The Morgan fingerprint density at radius 2 is 1.81 bits per heavy atom. The van der Waals surface area contributed by atoms with Crippen LogP contribution < -0.4 is 10.1 Å². The first-order valence-electron chi connectivity index (χ1n) is 9.94. The van der Waals surface area contributed by atoms with E-state index in [2.05, 4.69) is 10.3 Å². The van der Waals surface area contributed by atoms with Crippen LogP contribution in [0, 0.1) is 0 Å². The minimum atomic E-state index is -3.57. The largest absolute Gasteiger partial charge is 0.494 e. The smallest absolute Gasteiger partial charge is 0.342 e. The molecule has 1 heterocycles. The van der Waals surface area contributed by atoms with Gasteiger partial charge in [-0.05, 0) is 61.0 Å². The van der Waals surface area contributed by atoms with Crippen LogP contribution in [0.2, 0.25) is 0 Å². The third-order valence-electron chi connectivity index (χ3n) is 4.50. The molecule has 0 bridgehead atoms. The molecule has 0 fully saturated rings. The van der Waals surface area contributed by atoms with E-state index in [-0.39, 0.29) is 17.1 Å². The molecule has 3 rings (SSSR count). The van der Waals surface area contributed by atoms with Crippen LogP contribution in [0.4, 0.5) is 11.5 Å². The van der Waals surface area contributed by atoms with Gasteiger partial charge in [0.2, 0.25) is 10.0 Å². The summed E-state index contributed by atoms with van der Waals surface area (Å²) in [5, 5.41) is 3.11. The maximum atomic E-state index is 12.7. The zero-order valence-corrected chi connectivity index (χ0v) is 18.9. The van der Waals surface area contributed by atoms with Crippen LogP contribution in [-0.2, 0) is 21.4 Å². The molecule has 0 amide bonds. The third-order valence-corrected chi connectivity index (χ3v) is 6.31. The summed E-state index contributed by atoms with van der Waals surface area (Å²) in [6, 6.07) is 16.8. The molecule has 0 spiro atoms. The van der Waals surface area contributed by atoms with Crippen LogP contribution in [0.3, 0.4) is 0 Å². The summed E-state index contributed by atoms with van der Waals surface area (Å²) in [5.74, 6) is 0.523. The number of carbonyl (C=O) groups is 1. The Morgan fingerprint density at radius 1 is 1.06 bits per heavy atom. The molecular formula is C23H25N3O5S. The highest BCUT2D eigenvalue weighted by Crippen LogP contribution is 2.22. The fourth-order valence-electron chi connectivity index (χ4n) is 2.84. The fourth-order valence-corrected chi connectivity index (χ4v) is 3.81. The summed E-state index contributed by atoms with van der Waals surface area (Å²) in [5.41, 5.74) is 1.56. The predicted octanol–water partition coefficient (Wildman–Crippen LogP) is 3.83. The molecular weight excluding hydrogens is 430 g/mol. The van der Waals surface area contributed by atoms with Crippen molar-refractivity contribution in [1.82, 2.24) is 9.29 Å². The van der Waals surface area contributed by atoms with E-state index in [0.717, 1.165) is 15.7 Å². The van der Waals surface area contributed by atoms with Crippen molar-refractivity contribution in [1.29, 1.82) is 0 Å². The molecule has 32 heavy (non-hydrogen) atoms. The van der Waals surface area contributed by atoms with Gasteiger partial charge in [0.25, 0.3) is 0 Å². The first kappa shape index (κ1) is 23.2. The van der Waals surface area contributed by atoms with E-state index in [0.29, 0.717) is 18.0 Å². The number of ether oxygens (including phenoxy) is 2. The maximum absolute atomic E-state index is 12.7. The Kier molecular flexibility index (Phi) is 7.45. The number of nitrogens with one attached hydrogen (secondary N) is 1. The van der Waals surface area contributed by atoms with Crippen LogP contribution in [0.15, 0.2) is 71.8 Å². The summed E-state index contributed by atoms with van der Waals surface area (Å²) in [7, 11) is -0.651. The van der Waals surface area contributed by atoms with Crippen molar-refractivity contribution < 1.29 is 22.7 Å². The van der Waals surface area contributed by atoms with Gasteiger partial charge >= 0.3 is 5.97 Å². The van der Waals surface area contributed by atoms with Gasteiger partial charge in [-0.2, -0.15) is 0 Å². The summed E-state index contributed by atoms with van der Waals surface area (Å²) < 4.78 is 36.6. The second-order valence-corrected chi connectivity index (χ2v) is 9.14. The van der Waals surface area contributed by atoms with Crippen molar-refractivity contribution in [2.45, 2.75) is 18.4 Å². The van der Waals surface area contributed by atoms with E-state index in [1.54, 1.807) is 30.5 Å². The lowest BCUT2D eigenvalue weighted by molar-refractivity contribution is 0.0473. The van der Waals surface area contributed by atoms with E-state index in [1.165, 1.54) is 26.2 Å². The average Bonchev–Trinajstić information content (AvgIpc) is 2.79. The lowest BCUT2D eigenvalue weighted by Gasteiger charge is -2.13. The highest BCUT2D eigenvalue weighted by Gasteiger charge is 2.18. The number of benzene rings is 2. The summed E-state index contributed by atoms with van der Waals surface area (Å²) in [6.45, 7) is 2.41. The molecule has 1 N–H and O–H groups in total. The summed E-state index contributed by atoms with van der Waals surface area (Å²) in [4.78, 5) is 17.1. The highest BCUT2D eigenvalue weighted by molar-refractivity contribution is 7.89. The first-order valence-corrected chi connectivity index (χ1v) is 11.4. The molecule has 0 saturated carbocycles. The normalized spacial score (nSPS) is 11.2. The Morgan fingerprint density at radius 3 is 2.50 bits per heavy atom. The minimum absolute atomic E-state index is 0.0764. The number of hydrogen-bond donors (Lipinski definition) is 1. The second kappa shape index (κ2) is 10.3. The van der Waals surface area contributed by atoms with Gasteiger partial charge in [0.1, 0.15) is 23.7 Å². The van der Waals surface area contributed by atoms with Crippen LogP contribution in [0.25, 0.3) is 0 Å². The van der Waals surface area contributed by atoms with Gasteiger partial charge in [-0.1, -0.05) is 12.1 Å². The monoisotopic (exact) mass is 455 g/mol. The fraction of sp³-hybridized carbons (Fsp3) is 0.217. The molecule has 0 aliphatic rings. The SMILES string of the molecule is CCOc1ccc(Nc2ncccc2C(=O)OCc2cccc(S(=O)(=O)N(C)C)c2)cc1. The lowest BCUT2D eigenvalue weighted by Crippen LogP contribution is -2.22. The summed E-state index contributed by atoms with van der Waals surface area (Å²) in [6.07, 6.45) is 1.57. The van der Waals surface area contributed by atoms with E-state index in [4.69, 9.17) is 9.47 Å². The molecule has 0 unspecified atom stereocenters. The molecule has 0 saturated heterocycles. The van der Waals surface area contributed by atoms with Gasteiger partial charge in [0.15, 0.2) is 0 Å². The number of sulfonamides is 1. The van der Waals surface area contributed by atoms with Crippen molar-refractivity contribution in [2.75, 3.05) is 26.0 Å². The quantitative estimate of drug-likeness (QED) is 0.490.